The predicted molar refractivity (Wildman–Crippen MR) is 117 cm³/mol. The lowest BCUT2D eigenvalue weighted by molar-refractivity contribution is 0.171. The van der Waals surface area contributed by atoms with Gasteiger partial charge in [0.05, 0.1) is 4.90 Å². The molecule has 0 aliphatic carbocycles. The molecular formula is C23H26N2O4S. The Bertz CT molecular complexity index is 1100. The lowest BCUT2D eigenvalue weighted by Crippen LogP contribution is -2.45. The number of piperidine rings is 1. The van der Waals surface area contributed by atoms with E-state index in [0.717, 1.165) is 49.0 Å². The summed E-state index contributed by atoms with van der Waals surface area (Å²) in [6, 6.07) is 19.9. The second-order valence-electron chi connectivity index (χ2n) is 7.56. The third-order valence-electron chi connectivity index (χ3n) is 5.45. The molecule has 1 saturated heterocycles. The molecule has 0 radical (unpaired) electrons. The van der Waals surface area contributed by atoms with Crippen LogP contribution in [0.5, 0.6) is 11.5 Å². The molecule has 3 aromatic carbocycles. The second kappa shape index (κ2) is 9.04. The Hall–Kier alpha value is -2.61. The van der Waals surface area contributed by atoms with Crippen molar-refractivity contribution in [2.75, 3.05) is 26.2 Å². The average Bonchev–Trinajstić information content (AvgIpc) is 2.75. The maximum absolute atomic E-state index is 12.5. The number of benzene rings is 3. The molecule has 6 nitrogen and oxygen atoms in total. The van der Waals surface area contributed by atoms with Crippen molar-refractivity contribution >= 4 is 20.8 Å². The van der Waals surface area contributed by atoms with Crippen LogP contribution in [0.15, 0.2) is 71.6 Å². The van der Waals surface area contributed by atoms with Gasteiger partial charge in [0.2, 0.25) is 10.0 Å². The van der Waals surface area contributed by atoms with Crippen molar-refractivity contribution in [1.29, 1.82) is 0 Å². The van der Waals surface area contributed by atoms with Gasteiger partial charge in [-0.05, 0) is 55.6 Å². The van der Waals surface area contributed by atoms with Crippen LogP contribution in [0.25, 0.3) is 10.8 Å². The summed E-state index contributed by atoms with van der Waals surface area (Å²) >= 11 is 0. The minimum absolute atomic E-state index is 0.0566. The number of nitrogens with zero attached hydrogens (tertiary/aromatic N) is 1. The number of fused-ring (bicyclic) bond motifs is 1. The fourth-order valence-electron chi connectivity index (χ4n) is 3.82. The monoisotopic (exact) mass is 426 g/mol. The Kier molecular flexibility index (Phi) is 6.22. The molecule has 0 atom stereocenters. The highest BCUT2D eigenvalue weighted by molar-refractivity contribution is 7.89. The topological polar surface area (TPSA) is 78.9 Å². The van der Waals surface area contributed by atoms with Crippen LogP contribution in [0, 0.1) is 0 Å². The fourth-order valence-corrected chi connectivity index (χ4v) is 5.16. The van der Waals surface area contributed by atoms with E-state index in [4.69, 9.17) is 4.74 Å². The van der Waals surface area contributed by atoms with Crippen molar-refractivity contribution < 1.29 is 18.3 Å². The summed E-state index contributed by atoms with van der Waals surface area (Å²) in [5.74, 6) is 0.834. The Morgan fingerprint density at radius 1 is 1.00 bits per heavy atom. The maximum atomic E-state index is 12.5. The van der Waals surface area contributed by atoms with E-state index in [-0.39, 0.29) is 16.7 Å². The Balaban J connectivity index is 1.26. The molecule has 1 heterocycles. The summed E-state index contributed by atoms with van der Waals surface area (Å²) in [6.07, 6.45) is 1.48. The van der Waals surface area contributed by atoms with Crippen LogP contribution in [-0.4, -0.2) is 50.7 Å². The molecule has 1 aliphatic rings. The first-order chi connectivity index (χ1) is 14.5. The summed E-state index contributed by atoms with van der Waals surface area (Å²) in [5.41, 5.74) is 0. The largest absolute Gasteiger partial charge is 0.508 e. The number of rotatable bonds is 7. The summed E-state index contributed by atoms with van der Waals surface area (Å²) in [4.78, 5) is 2.39. The van der Waals surface area contributed by atoms with Gasteiger partial charge >= 0.3 is 0 Å². The number of aromatic hydroxyl groups is 1. The van der Waals surface area contributed by atoms with E-state index in [9.17, 15) is 13.5 Å². The number of phenolic OH excluding ortho intramolecular Hbond substituents is 1. The van der Waals surface area contributed by atoms with Crippen LogP contribution in [0.2, 0.25) is 0 Å². The minimum atomic E-state index is -3.63. The van der Waals surface area contributed by atoms with E-state index >= 15 is 0 Å². The molecule has 1 fully saturated rings. The lowest BCUT2D eigenvalue weighted by atomic mass is 10.1. The highest BCUT2D eigenvalue weighted by Gasteiger charge is 2.24. The van der Waals surface area contributed by atoms with Crippen LogP contribution < -0.4 is 9.46 Å². The molecule has 30 heavy (non-hydrogen) atoms. The normalized spacial score (nSPS) is 16.0. The van der Waals surface area contributed by atoms with Gasteiger partial charge in [-0.3, -0.25) is 4.90 Å². The van der Waals surface area contributed by atoms with E-state index in [1.807, 2.05) is 24.3 Å². The number of nitrogens with one attached hydrogen (secondary N) is 1. The summed E-state index contributed by atoms with van der Waals surface area (Å²) < 4.78 is 33.8. The summed E-state index contributed by atoms with van der Waals surface area (Å²) in [7, 11) is -3.63. The van der Waals surface area contributed by atoms with Gasteiger partial charge in [0, 0.05) is 18.0 Å². The van der Waals surface area contributed by atoms with E-state index in [1.54, 1.807) is 0 Å². The molecule has 1 aliphatic heterocycles. The van der Waals surface area contributed by atoms with Gasteiger partial charge in [-0.2, -0.15) is 0 Å². The van der Waals surface area contributed by atoms with E-state index in [0.29, 0.717) is 6.61 Å². The molecule has 158 valence electrons. The number of likely N-dealkylation sites (tertiary alicyclic amines) is 1. The van der Waals surface area contributed by atoms with Crippen LogP contribution >= 0.6 is 0 Å². The van der Waals surface area contributed by atoms with Crippen molar-refractivity contribution in [3.8, 4) is 11.5 Å². The van der Waals surface area contributed by atoms with Gasteiger partial charge in [-0.1, -0.05) is 42.5 Å². The highest BCUT2D eigenvalue weighted by atomic mass is 32.2. The molecule has 0 amide bonds. The zero-order valence-corrected chi connectivity index (χ0v) is 17.5. The number of hydrogen-bond donors (Lipinski definition) is 2. The predicted octanol–water partition coefficient (Wildman–Crippen LogP) is 3.37. The number of sulfonamides is 1. The Morgan fingerprint density at radius 2 is 1.73 bits per heavy atom. The SMILES string of the molecule is O=S(=O)(NC1CCN(CCOc2cccc3ccccc23)CC1)c1cccc(O)c1. The van der Waals surface area contributed by atoms with E-state index < -0.39 is 10.0 Å². The lowest BCUT2D eigenvalue weighted by Gasteiger charge is -2.32. The number of hydrogen-bond acceptors (Lipinski definition) is 5. The Morgan fingerprint density at radius 3 is 2.53 bits per heavy atom. The molecule has 2 N–H and O–H groups in total. The van der Waals surface area contributed by atoms with Gasteiger partial charge in [0.25, 0.3) is 0 Å². The fraction of sp³-hybridized carbons (Fsp3) is 0.304. The Labute approximate surface area is 177 Å². The molecule has 0 saturated carbocycles. The number of phenols is 1. The molecule has 0 unspecified atom stereocenters. The first kappa shape index (κ1) is 20.7. The van der Waals surface area contributed by atoms with Crippen LogP contribution in [0.3, 0.4) is 0 Å². The zero-order chi connectivity index (χ0) is 21.0. The van der Waals surface area contributed by atoms with Gasteiger partial charge in [-0.25, -0.2) is 13.1 Å². The van der Waals surface area contributed by atoms with Gasteiger partial charge in [0.15, 0.2) is 0 Å². The van der Waals surface area contributed by atoms with Crippen LogP contribution in [-0.2, 0) is 10.0 Å². The molecule has 3 aromatic rings. The van der Waals surface area contributed by atoms with E-state index in [1.165, 1.54) is 24.3 Å². The summed E-state index contributed by atoms with van der Waals surface area (Å²) in [6.45, 7) is 3.02. The van der Waals surface area contributed by atoms with Crippen LogP contribution in [0.4, 0.5) is 0 Å². The third kappa shape index (κ3) is 4.92. The van der Waals surface area contributed by atoms with Gasteiger partial charge < -0.3 is 9.84 Å². The molecule has 0 spiro atoms. The molecule has 0 bridgehead atoms. The molecule has 0 aromatic heterocycles. The van der Waals surface area contributed by atoms with Crippen molar-refractivity contribution in [3.63, 3.8) is 0 Å². The highest BCUT2D eigenvalue weighted by Crippen LogP contribution is 2.25. The second-order valence-corrected chi connectivity index (χ2v) is 9.27. The standard InChI is InChI=1S/C23H26N2O4S/c26-20-7-4-8-21(17-20)30(27,28)24-19-11-13-25(14-12-19)15-16-29-23-10-3-6-18-5-1-2-9-22(18)23/h1-10,17,19,24,26H,11-16H2. The average molecular weight is 427 g/mol. The van der Waals surface area contributed by atoms with Gasteiger partial charge in [0.1, 0.15) is 18.1 Å². The summed E-state index contributed by atoms with van der Waals surface area (Å²) in [5, 5.41) is 11.8. The van der Waals surface area contributed by atoms with Crippen molar-refractivity contribution in [3.05, 3.63) is 66.7 Å². The third-order valence-corrected chi connectivity index (χ3v) is 6.97. The first-order valence-corrected chi connectivity index (χ1v) is 11.6. The molecule has 7 heteroatoms. The minimum Gasteiger partial charge on any atom is -0.508 e. The molecular weight excluding hydrogens is 400 g/mol. The van der Waals surface area contributed by atoms with Gasteiger partial charge in [-0.15, -0.1) is 0 Å². The zero-order valence-electron chi connectivity index (χ0n) is 16.7. The first-order valence-electron chi connectivity index (χ1n) is 10.2. The van der Waals surface area contributed by atoms with Crippen LogP contribution in [0.1, 0.15) is 12.8 Å². The quantitative estimate of drug-likeness (QED) is 0.606. The van der Waals surface area contributed by atoms with E-state index in [2.05, 4.69) is 27.8 Å². The van der Waals surface area contributed by atoms with Crippen molar-refractivity contribution in [2.24, 2.45) is 0 Å². The smallest absolute Gasteiger partial charge is 0.240 e. The maximum Gasteiger partial charge on any atom is 0.240 e. The molecule has 4 rings (SSSR count). The number of ether oxygens (including phenoxy) is 1. The van der Waals surface area contributed by atoms with Crippen molar-refractivity contribution in [1.82, 2.24) is 9.62 Å². The van der Waals surface area contributed by atoms with Crippen molar-refractivity contribution in [2.45, 2.75) is 23.8 Å².